The molecule has 1 aromatic heterocycles. The van der Waals surface area contributed by atoms with E-state index in [0.717, 1.165) is 4.90 Å². The van der Waals surface area contributed by atoms with E-state index < -0.39 is 11.5 Å². The SMILES string of the molecule is COCCN(C(=O)c1c(O)c2cc(SC)ccc2n(C)c1=O)c1ccc(O)cc1. The summed E-state index contributed by atoms with van der Waals surface area (Å²) in [5.41, 5.74) is 0.125. The number of hydrogen-bond donors (Lipinski definition) is 2. The molecule has 0 unspecified atom stereocenters. The van der Waals surface area contributed by atoms with Crippen molar-refractivity contribution in [3.8, 4) is 11.5 Å². The third-order valence-electron chi connectivity index (χ3n) is 4.71. The highest BCUT2D eigenvalue weighted by atomic mass is 32.2. The number of hydrogen-bond acceptors (Lipinski definition) is 6. The molecule has 7 nitrogen and oxygen atoms in total. The van der Waals surface area contributed by atoms with E-state index in [1.807, 2.05) is 12.3 Å². The Morgan fingerprint density at radius 2 is 1.86 bits per heavy atom. The quantitative estimate of drug-likeness (QED) is 0.603. The highest BCUT2D eigenvalue weighted by Crippen LogP contribution is 2.31. The fourth-order valence-corrected chi connectivity index (χ4v) is 3.57. The van der Waals surface area contributed by atoms with Gasteiger partial charge in [-0.2, -0.15) is 0 Å². The Balaban J connectivity index is 2.19. The second kappa shape index (κ2) is 8.59. The average Bonchev–Trinajstić information content (AvgIpc) is 2.73. The number of benzene rings is 2. The Kier molecular flexibility index (Phi) is 6.14. The van der Waals surface area contributed by atoms with Gasteiger partial charge in [-0.1, -0.05) is 0 Å². The van der Waals surface area contributed by atoms with Gasteiger partial charge in [0.1, 0.15) is 17.1 Å². The van der Waals surface area contributed by atoms with Gasteiger partial charge in [0, 0.05) is 36.7 Å². The summed E-state index contributed by atoms with van der Waals surface area (Å²) >= 11 is 1.50. The smallest absolute Gasteiger partial charge is 0.267 e. The highest BCUT2D eigenvalue weighted by molar-refractivity contribution is 7.98. The normalized spacial score (nSPS) is 11.0. The first kappa shape index (κ1) is 20.8. The standard InChI is InChI=1S/C21H22N2O5S/c1-22-17-9-8-15(29-3)12-16(17)19(25)18(20(22)26)21(27)23(10-11-28-2)13-4-6-14(24)7-5-13/h4-9,12,24-25H,10-11H2,1-3H3. The summed E-state index contributed by atoms with van der Waals surface area (Å²) in [7, 11) is 3.08. The first-order valence-corrected chi connectivity index (χ1v) is 10.1. The van der Waals surface area contributed by atoms with Gasteiger partial charge in [0.2, 0.25) is 0 Å². The summed E-state index contributed by atoms with van der Waals surface area (Å²) in [5.74, 6) is -0.922. The van der Waals surface area contributed by atoms with Crippen LogP contribution in [0.4, 0.5) is 5.69 Å². The van der Waals surface area contributed by atoms with E-state index in [-0.39, 0.29) is 30.2 Å². The maximum atomic E-state index is 13.4. The fourth-order valence-electron chi connectivity index (χ4n) is 3.13. The lowest BCUT2D eigenvalue weighted by Crippen LogP contribution is -2.38. The molecule has 0 spiro atoms. The Labute approximate surface area is 172 Å². The van der Waals surface area contributed by atoms with Crippen molar-refractivity contribution in [2.45, 2.75) is 4.90 Å². The van der Waals surface area contributed by atoms with Crippen molar-refractivity contribution in [3.63, 3.8) is 0 Å². The van der Waals surface area contributed by atoms with Crippen molar-refractivity contribution in [2.75, 3.05) is 31.4 Å². The molecular formula is C21H22N2O5S. The number of phenols is 1. The molecule has 0 aliphatic rings. The molecule has 152 valence electrons. The van der Waals surface area contributed by atoms with Gasteiger partial charge in [0.05, 0.1) is 12.1 Å². The first-order valence-electron chi connectivity index (χ1n) is 8.88. The monoisotopic (exact) mass is 414 g/mol. The van der Waals surface area contributed by atoms with Crippen LogP contribution in [0.5, 0.6) is 11.5 Å². The molecule has 2 aromatic carbocycles. The van der Waals surface area contributed by atoms with Gasteiger partial charge in [0.25, 0.3) is 11.5 Å². The number of methoxy groups -OCH3 is 1. The summed E-state index contributed by atoms with van der Waals surface area (Å²) in [6.07, 6.45) is 1.91. The number of pyridine rings is 1. The topological polar surface area (TPSA) is 92.0 Å². The Morgan fingerprint density at radius 3 is 2.48 bits per heavy atom. The largest absolute Gasteiger partial charge is 0.508 e. The second-order valence-corrected chi connectivity index (χ2v) is 7.32. The first-order chi connectivity index (χ1) is 13.9. The number of thioether (sulfide) groups is 1. The van der Waals surface area contributed by atoms with E-state index in [1.54, 1.807) is 31.3 Å². The van der Waals surface area contributed by atoms with Crippen LogP contribution in [0.2, 0.25) is 0 Å². The minimum atomic E-state index is -0.637. The molecule has 8 heteroatoms. The van der Waals surface area contributed by atoms with Crippen LogP contribution in [0, 0.1) is 0 Å². The number of rotatable bonds is 6. The zero-order valence-electron chi connectivity index (χ0n) is 16.4. The molecular weight excluding hydrogens is 392 g/mol. The van der Waals surface area contributed by atoms with Gasteiger partial charge in [-0.3, -0.25) is 9.59 Å². The number of phenolic OH excluding ortho intramolecular Hbond substituents is 1. The molecule has 3 aromatic rings. The lowest BCUT2D eigenvalue weighted by atomic mass is 10.1. The molecule has 0 atom stereocenters. The van der Waals surface area contributed by atoms with Crippen LogP contribution < -0.4 is 10.5 Å². The molecule has 0 saturated heterocycles. The lowest BCUT2D eigenvalue weighted by molar-refractivity contribution is 0.0971. The predicted octanol–water partition coefficient (Wildman–Crippen LogP) is 2.96. The predicted molar refractivity (Wildman–Crippen MR) is 114 cm³/mol. The summed E-state index contributed by atoms with van der Waals surface area (Å²) in [6, 6.07) is 11.4. The van der Waals surface area contributed by atoms with Crippen LogP contribution in [0.15, 0.2) is 52.2 Å². The summed E-state index contributed by atoms with van der Waals surface area (Å²) in [4.78, 5) is 28.6. The van der Waals surface area contributed by atoms with E-state index in [4.69, 9.17) is 4.74 Å². The van der Waals surface area contributed by atoms with Crippen LogP contribution in [-0.4, -0.2) is 47.2 Å². The van der Waals surface area contributed by atoms with Crippen LogP contribution in [0.3, 0.4) is 0 Å². The number of aryl methyl sites for hydroxylation is 1. The van der Waals surface area contributed by atoms with Crippen molar-refractivity contribution in [2.24, 2.45) is 7.05 Å². The highest BCUT2D eigenvalue weighted by Gasteiger charge is 2.26. The van der Waals surface area contributed by atoms with Crippen molar-refractivity contribution in [3.05, 3.63) is 58.4 Å². The van der Waals surface area contributed by atoms with Gasteiger partial charge >= 0.3 is 0 Å². The van der Waals surface area contributed by atoms with Crippen LogP contribution in [0.1, 0.15) is 10.4 Å². The number of nitrogens with zero attached hydrogens (tertiary/aromatic N) is 2. The number of carbonyl (C=O) groups excluding carboxylic acids is 1. The maximum absolute atomic E-state index is 13.4. The van der Waals surface area contributed by atoms with Crippen LogP contribution >= 0.6 is 11.8 Å². The molecule has 0 fully saturated rings. The molecule has 3 rings (SSSR count). The lowest BCUT2D eigenvalue weighted by Gasteiger charge is -2.23. The van der Waals surface area contributed by atoms with E-state index >= 15 is 0 Å². The Hall–Kier alpha value is -2.97. The summed E-state index contributed by atoms with van der Waals surface area (Å²) < 4.78 is 6.46. The molecule has 1 heterocycles. The number of aromatic nitrogens is 1. The van der Waals surface area contributed by atoms with Gasteiger partial charge < -0.3 is 24.4 Å². The number of fused-ring (bicyclic) bond motifs is 1. The molecule has 0 radical (unpaired) electrons. The molecule has 0 saturated carbocycles. The molecule has 1 amide bonds. The van der Waals surface area contributed by atoms with Crippen molar-refractivity contribution >= 4 is 34.3 Å². The van der Waals surface area contributed by atoms with E-state index in [1.165, 1.54) is 40.5 Å². The average molecular weight is 414 g/mol. The van der Waals surface area contributed by atoms with Crippen LogP contribution in [0.25, 0.3) is 10.9 Å². The number of amides is 1. The molecule has 0 bridgehead atoms. The molecule has 0 aliphatic carbocycles. The third-order valence-corrected chi connectivity index (χ3v) is 5.44. The van der Waals surface area contributed by atoms with Crippen molar-refractivity contribution < 1.29 is 19.7 Å². The zero-order chi connectivity index (χ0) is 21.1. The van der Waals surface area contributed by atoms with Crippen molar-refractivity contribution in [1.29, 1.82) is 0 Å². The number of carbonyl (C=O) groups is 1. The van der Waals surface area contributed by atoms with Gasteiger partial charge in [-0.15, -0.1) is 11.8 Å². The molecule has 2 N–H and O–H groups in total. The third kappa shape index (κ3) is 3.94. The van der Waals surface area contributed by atoms with Crippen LogP contribution in [-0.2, 0) is 11.8 Å². The summed E-state index contributed by atoms with van der Waals surface area (Å²) in [5, 5.41) is 20.8. The number of ether oxygens (including phenoxy) is 1. The van der Waals surface area contributed by atoms with Gasteiger partial charge in [-0.05, 0) is 48.7 Å². The number of aromatic hydroxyl groups is 2. The zero-order valence-corrected chi connectivity index (χ0v) is 17.2. The molecule has 29 heavy (non-hydrogen) atoms. The summed E-state index contributed by atoms with van der Waals surface area (Å²) in [6.45, 7) is 0.406. The minimum Gasteiger partial charge on any atom is -0.508 e. The Morgan fingerprint density at radius 1 is 1.17 bits per heavy atom. The maximum Gasteiger partial charge on any atom is 0.267 e. The van der Waals surface area contributed by atoms with E-state index in [2.05, 4.69) is 0 Å². The van der Waals surface area contributed by atoms with E-state index in [0.29, 0.717) is 16.6 Å². The fraction of sp³-hybridized carbons (Fsp3) is 0.238. The van der Waals surface area contributed by atoms with Gasteiger partial charge in [0.15, 0.2) is 0 Å². The van der Waals surface area contributed by atoms with Gasteiger partial charge in [-0.25, -0.2) is 0 Å². The van der Waals surface area contributed by atoms with Crippen molar-refractivity contribution in [1.82, 2.24) is 4.57 Å². The second-order valence-electron chi connectivity index (χ2n) is 6.44. The Bertz CT molecular complexity index is 1110. The number of anilines is 1. The molecule has 0 aliphatic heterocycles. The minimum absolute atomic E-state index is 0.0574. The van der Waals surface area contributed by atoms with E-state index in [9.17, 15) is 19.8 Å².